The Kier molecular flexibility index (Phi) is 3.80. The van der Waals surface area contributed by atoms with Crippen molar-refractivity contribution in [1.82, 2.24) is 15.5 Å². The molecule has 110 valence electrons. The van der Waals surface area contributed by atoms with Gasteiger partial charge in [-0.15, -0.1) is 0 Å². The van der Waals surface area contributed by atoms with Crippen molar-refractivity contribution in [2.75, 3.05) is 0 Å². The van der Waals surface area contributed by atoms with E-state index in [1.165, 1.54) is 5.56 Å². The molecule has 2 aromatic rings. The van der Waals surface area contributed by atoms with E-state index < -0.39 is 0 Å². The smallest absolute Gasteiger partial charge is 0.248 e. The largest absolute Gasteiger partial charge is 0.344 e. The molecule has 0 spiro atoms. The number of hydrogen-bond donors (Lipinski definition) is 1. The Bertz CT molecular complexity index is 653. The van der Waals surface area contributed by atoms with E-state index in [1.807, 2.05) is 19.1 Å². The van der Waals surface area contributed by atoms with Crippen molar-refractivity contribution in [2.45, 2.75) is 32.2 Å². The molecule has 1 saturated carbocycles. The highest BCUT2D eigenvalue weighted by molar-refractivity contribution is 9.10. The lowest BCUT2D eigenvalue weighted by molar-refractivity contribution is -0.123. The second-order valence-electron chi connectivity index (χ2n) is 5.41. The minimum absolute atomic E-state index is 0.0395. The van der Waals surface area contributed by atoms with Crippen LogP contribution in [0.15, 0.2) is 33.3 Å². The first-order valence-corrected chi connectivity index (χ1v) is 7.70. The lowest BCUT2D eigenvalue weighted by atomic mass is 10.1. The molecule has 3 unspecified atom stereocenters. The van der Waals surface area contributed by atoms with Crippen LogP contribution in [0.3, 0.4) is 0 Å². The number of amides is 1. The van der Waals surface area contributed by atoms with Crippen molar-refractivity contribution >= 4 is 21.8 Å². The molecule has 1 aromatic heterocycles. The summed E-state index contributed by atoms with van der Waals surface area (Å²) in [6.45, 7) is 3.61. The molecule has 3 atom stereocenters. The summed E-state index contributed by atoms with van der Waals surface area (Å²) in [5, 5.41) is 6.67. The van der Waals surface area contributed by atoms with Crippen LogP contribution in [0.4, 0.5) is 0 Å². The zero-order chi connectivity index (χ0) is 15.0. The summed E-state index contributed by atoms with van der Waals surface area (Å²) >= 11 is 3.42. The second-order valence-corrected chi connectivity index (χ2v) is 6.33. The fourth-order valence-electron chi connectivity index (χ4n) is 2.43. The maximum Gasteiger partial charge on any atom is 0.248 e. The third kappa shape index (κ3) is 3.15. The van der Waals surface area contributed by atoms with E-state index in [2.05, 4.69) is 43.5 Å². The molecule has 0 bridgehead atoms. The third-order valence-electron chi connectivity index (χ3n) is 3.70. The molecule has 1 amide bonds. The van der Waals surface area contributed by atoms with Gasteiger partial charge < -0.3 is 9.84 Å². The summed E-state index contributed by atoms with van der Waals surface area (Å²) in [7, 11) is 0. The van der Waals surface area contributed by atoms with Gasteiger partial charge in [-0.1, -0.05) is 33.2 Å². The number of halogens is 1. The topological polar surface area (TPSA) is 68.0 Å². The molecule has 1 fully saturated rings. The number of aromatic nitrogens is 2. The average Bonchev–Trinajstić information content (AvgIpc) is 3.14. The quantitative estimate of drug-likeness (QED) is 0.920. The second kappa shape index (κ2) is 5.60. The molecule has 0 saturated heterocycles. The van der Waals surface area contributed by atoms with E-state index >= 15 is 0 Å². The molecule has 1 N–H and O–H groups in total. The summed E-state index contributed by atoms with van der Waals surface area (Å²) in [6, 6.07) is 7.88. The van der Waals surface area contributed by atoms with E-state index in [0.29, 0.717) is 17.6 Å². The molecule has 1 aliphatic carbocycles. The zero-order valence-corrected chi connectivity index (χ0v) is 13.4. The Morgan fingerprint density at radius 1 is 1.43 bits per heavy atom. The summed E-state index contributed by atoms with van der Waals surface area (Å²) < 4.78 is 6.12. The van der Waals surface area contributed by atoms with Crippen LogP contribution in [0, 0.1) is 12.8 Å². The Labute approximate surface area is 131 Å². The molecule has 3 rings (SSSR count). The molecule has 6 heteroatoms. The normalized spacial score (nSPS) is 21.9. The average molecular weight is 350 g/mol. The Hall–Kier alpha value is -1.69. The fourth-order valence-corrected chi connectivity index (χ4v) is 2.70. The summed E-state index contributed by atoms with van der Waals surface area (Å²) in [4.78, 5) is 16.4. The minimum atomic E-state index is -0.259. The van der Waals surface area contributed by atoms with Crippen molar-refractivity contribution < 1.29 is 9.32 Å². The van der Waals surface area contributed by atoms with Gasteiger partial charge in [-0.2, -0.15) is 4.98 Å². The molecule has 0 radical (unpaired) electrons. The van der Waals surface area contributed by atoms with Crippen LogP contribution in [0.25, 0.3) is 0 Å². The van der Waals surface area contributed by atoms with Crippen molar-refractivity contribution in [3.63, 3.8) is 0 Å². The number of carbonyl (C=O) groups is 1. The van der Waals surface area contributed by atoms with E-state index in [-0.39, 0.29) is 17.9 Å². The van der Waals surface area contributed by atoms with Crippen molar-refractivity contribution in [2.24, 2.45) is 5.92 Å². The molecule has 5 nitrogen and oxygen atoms in total. The van der Waals surface area contributed by atoms with Crippen LogP contribution < -0.4 is 5.32 Å². The Morgan fingerprint density at radius 3 is 2.76 bits per heavy atom. The van der Waals surface area contributed by atoms with E-state index in [9.17, 15) is 4.79 Å². The van der Waals surface area contributed by atoms with Gasteiger partial charge in [0.25, 0.3) is 0 Å². The standard InChI is InChI=1S/C15H16BrN3O2/c1-8(15-18-9(2)19-21-15)17-14(20)13-7-12(13)10-3-5-11(16)6-4-10/h3-6,8,12-13H,7H2,1-2H3,(H,17,20). The molecule has 1 heterocycles. The van der Waals surface area contributed by atoms with Gasteiger partial charge in [-0.05, 0) is 43.9 Å². The number of nitrogens with zero attached hydrogens (tertiary/aromatic N) is 2. The molecule has 1 aromatic carbocycles. The van der Waals surface area contributed by atoms with E-state index in [4.69, 9.17) is 4.52 Å². The van der Waals surface area contributed by atoms with Crippen LogP contribution in [-0.4, -0.2) is 16.0 Å². The van der Waals surface area contributed by atoms with Crippen molar-refractivity contribution in [1.29, 1.82) is 0 Å². The number of hydrogen-bond acceptors (Lipinski definition) is 4. The lowest BCUT2D eigenvalue weighted by Gasteiger charge is -2.09. The lowest BCUT2D eigenvalue weighted by Crippen LogP contribution is -2.28. The number of aryl methyl sites for hydroxylation is 1. The Morgan fingerprint density at radius 2 is 2.14 bits per heavy atom. The van der Waals surface area contributed by atoms with Crippen molar-refractivity contribution in [3.8, 4) is 0 Å². The molecular weight excluding hydrogens is 334 g/mol. The van der Waals surface area contributed by atoms with Gasteiger partial charge in [0.05, 0.1) is 0 Å². The molecule has 1 aliphatic rings. The molecule has 21 heavy (non-hydrogen) atoms. The number of nitrogens with one attached hydrogen (secondary N) is 1. The Balaban J connectivity index is 1.59. The first kappa shape index (κ1) is 14.3. The molecule has 0 aliphatic heterocycles. The highest BCUT2D eigenvalue weighted by atomic mass is 79.9. The predicted octanol–water partition coefficient (Wildman–Crippen LogP) is 3.12. The van der Waals surface area contributed by atoms with Crippen LogP contribution in [0.1, 0.15) is 42.6 Å². The van der Waals surface area contributed by atoms with Gasteiger partial charge >= 0.3 is 0 Å². The van der Waals surface area contributed by atoms with Crippen LogP contribution >= 0.6 is 15.9 Å². The van der Waals surface area contributed by atoms with Crippen LogP contribution in [-0.2, 0) is 4.79 Å². The first-order valence-electron chi connectivity index (χ1n) is 6.90. The molecular formula is C15H16BrN3O2. The first-order chi connectivity index (χ1) is 10.0. The predicted molar refractivity (Wildman–Crippen MR) is 80.6 cm³/mol. The van der Waals surface area contributed by atoms with Crippen LogP contribution in [0.5, 0.6) is 0 Å². The van der Waals surface area contributed by atoms with E-state index in [0.717, 1.165) is 10.9 Å². The highest BCUT2D eigenvalue weighted by Crippen LogP contribution is 2.47. The van der Waals surface area contributed by atoms with Gasteiger partial charge in [-0.3, -0.25) is 4.79 Å². The van der Waals surface area contributed by atoms with Crippen molar-refractivity contribution in [3.05, 3.63) is 46.0 Å². The summed E-state index contributed by atoms with van der Waals surface area (Å²) in [5.74, 6) is 1.42. The maximum atomic E-state index is 12.2. The van der Waals surface area contributed by atoms with Gasteiger partial charge in [0.1, 0.15) is 6.04 Å². The summed E-state index contributed by atoms with van der Waals surface area (Å²) in [5.41, 5.74) is 1.21. The van der Waals surface area contributed by atoms with Gasteiger partial charge in [0, 0.05) is 10.4 Å². The zero-order valence-electron chi connectivity index (χ0n) is 11.8. The van der Waals surface area contributed by atoms with Crippen LogP contribution in [0.2, 0.25) is 0 Å². The number of benzene rings is 1. The van der Waals surface area contributed by atoms with Gasteiger partial charge in [0.15, 0.2) is 5.82 Å². The number of rotatable bonds is 4. The third-order valence-corrected chi connectivity index (χ3v) is 4.23. The fraction of sp³-hybridized carbons (Fsp3) is 0.400. The highest BCUT2D eigenvalue weighted by Gasteiger charge is 2.44. The minimum Gasteiger partial charge on any atom is -0.344 e. The summed E-state index contributed by atoms with van der Waals surface area (Å²) in [6.07, 6.45) is 0.892. The number of carbonyl (C=O) groups excluding carboxylic acids is 1. The maximum absolute atomic E-state index is 12.2. The van der Waals surface area contributed by atoms with Gasteiger partial charge in [-0.25, -0.2) is 0 Å². The van der Waals surface area contributed by atoms with E-state index in [1.54, 1.807) is 6.92 Å². The van der Waals surface area contributed by atoms with Gasteiger partial charge in [0.2, 0.25) is 11.8 Å². The monoisotopic (exact) mass is 349 g/mol. The SMILES string of the molecule is Cc1noc(C(C)NC(=O)C2CC2c2ccc(Br)cc2)n1.